The van der Waals surface area contributed by atoms with E-state index < -0.39 is 0 Å². The number of rotatable bonds is 6. The minimum atomic E-state index is -0.115. The number of hydrogen-bond acceptors (Lipinski definition) is 3. The van der Waals surface area contributed by atoms with Gasteiger partial charge >= 0.3 is 0 Å². The molecule has 1 aromatic heterocycles. The van der Waals surface area contributed by atoms with Gasteiger partial charge in [0, 0.05) is 30.8 Å². The molecule has 1 amide bonds. The molecule has 1 heterocycles. The lowest BCUT2D eigenvalue weighted by atomic mass is 10.1. The number of aromatic nitrogens is 2. The van der Waals surface area contributed by atoms with Crippen LogP contribution in [0.25, 0.3) is 16.8 Å². The second-order valence-electron chi connectivity index (χ2n) is 6.62. The van der Waals surface area contributed by atoms with Gasteiger partial charge < -0.3 is 14.2 Å². The van der Waals surface area contributed by atoms with Crippen LogP contribution in [0.4, 0.5) is 5.69 Å². The van der Waals surface area contributed by atoms with E-state index in [-0.39, 0.29) is 12.5 Å². The highest BCUT2D eigenvalue weighted by molar-refractivity contribution is 5.94. The Balaban J connectivity index is 1.36. The molecule has 0 fully saturated rings. The second-order valence-corrected chi connectivity index (χ2v) is 6.62. The minimum Gasteiger partial charge on any atom is -0.484 e. The molecule has 0 spiro atoms. The van der Waals surface area contributed by atoms with Gasteiger partial charge in [-0.3, -0.25) is 4.79 Å². The standard InChI is InChI=1S/C24H21N3O2/c1-26(21-9-7-20(8-10-21)19-5-3-2-4-6-19)24(28)17-29-23-13-11-22(12-14-23)27-16-15-25-18-27/h2-16,18H,17H2,1H3. The third kappa shape index (κ3) is 4.35. The SMILES string of the molecule is CN(C(=O)COc1ccc(-n2ccnc2)cc1)c1ccc(-c2ccccc2)cc1. The monoisotopic (exact) mass is 383 g/mol. The fourth-order valence-electron chi connectivity index (χ4n) is 3.02. The van der Waals surface area contributed by atoms with Crippen molar-refractivity contribution in [2.24, 2.45) is 0 Å². The Labute approximate surface area is 169 Å². The molecular weight excluding hydrogens is 362 g/mol. The molecule has 29 heavy (non-hydrogen) atoms. The molecule has 0 aliphatic rings. The summed E-state index contributed by atoms with van der Waals surface area (Å²) in [6.07, 6.45) is 5.33. The van der Waals surface area contributed by atoms with Crippen molar-refractivity contribution in [1.29, 1.82) is 0 Å². The van der Waals surface area contributed by atoms with Crippen LogP contribution in [0.15, 0.2) is 97.6 Å². The zero-order valence-corrected chi connectivity index (χ0v) is 16.1. The Morgan fingerprint density at radius 2 is 1.62 bits per heavy atom. The van der Waals surface area contributed by atoms with Crippen LogP contribution in [-0.2, 0) is 4.79 Å². The maximum atomic E-state index is 12.5. The van der Waals surface area contributed by atoms with Gasteiger partial charge in [0.05, 0.1) is 6.33 Å². The number of hydrogen-bond donors (Lipinski definition) is 0. The topological polar surface area (TPSA) is 47.4 Å². The van der Waals surface area contributed by atoms with Crippen LogP contribution in [0.3, 0.4) is 0 Å². The molecule has 0 saturated carbocycles. The van der Waals surface area contributed by atoms with E-state index in [0.717, 1.165) is 22.5 Å². The molecule has 4 aromatic rings. The van der Waals surface area contributed by atoms with Gasteiger partial charge in [0.2, 0.25) is 0 Å². The van der Waals surface area contributed by atoms with Crippen molar-refractivity contribution in [3.8, 4) is 22.6 Å². The van der Waals surface area contributed by atoms with Crippen molar-refractivity contribution in [3.63, 3.8) is 0 Å². The number of likely N-dealkylation sites (N-methyl/N-ethyl adjacent to an activating group) is 1. The average Bonchev–Trinajstić information content (AvgIpc) is 3.33. The first-order chi connectivity index (χ1) is 14.2. The van der Waals surface area contributed by atoms with Crippen molar-refractivity contribution in [3.05, 3.63) is 97.6 Å². The van der Waals surface area contributed by atoms with Crippen LogP contribution in [-0.4, -0.2) is 29.1 Å². The van der Waals surface area contributed by atoms with Crippen LogP contribution >= 0.6 is 0 Å². The predicted octanol–water partition coefficient (Wildman–Crippen LogP) is 4.58. The number of benzene rings is 3. The van der Waals surface area contributed by atoms with E-state index in [1.54, 1.807) is 24.5 Å². The first kappa shape index (κ1) is 18.5. The lowest BCUT2D eigenvalue weighted by Crippen LogP contribution is -2.31. The molecule has 5 nitrogen and oxygen atoms in total. The molecule has 0 aliphatic carbocycles. The molecule has 3 aromatic carbocycles. The van der Waals surface area contributed by atoms with E-state index >= 15 is 0 Å². The highest BCUT2D eigenvalue weighted by Gasteiger charge is 2.12. The second kappa shape index (κ2) is 8.44. The summed E-state index contributed by atoms with van der Waals surface area (Å²) in [5, 5.41) is 0. The fraction of sp³-hybridized carbons (Fsp3) is 0.0833. The number of carbonyl (C=O) groups excluding carboxylic acids is 1. The molecule has 0 atom stereocenters. The third-order valence-electron chi connectivity index (χ3n) is 4.74. The maximum absolute atomic E-state index is 12.5. The van der Waals surface area contributed by atoms with E-state index in [0.29, 0.717) is 5.75 Å². The molecule has 144 valence electrons. The Bertz CT molecular complexity index is 1060. The lowest BCUT2D eigenvalue weighted by molar-refractivity contribution is -0.120. The first-order valence-corrected chi connectivity index (χ1v) is 9.34. The fourth-order valence-corrected chi connectivity index (χ4v) is 3.02. The number of nitrogens with zero attached hydrogens (tertiary/aromatic N) is 3. The van der Waals surface area contributed by atoms with Gasteiger partial charge in [0.1, 0.15) is 5.75 Å². The molecule has 4 rings (SSSR count). The van der Waals surface area contributed by atoms with Gasteiger partial charge in [0.15, 0.2) is 6.61 Å². The zero-order chi connectivity index (χ0) is 20.1. The Morgan fingerprint density at radius 1 is 0.931 bits per heavy atom. The molecule has 0 aliphatic heterocycles. The van der Waals surface area contributed by atoms with Gasteiger partial charge in [0.25, 0.3) is 5.91 Å². The summed E-state index contributed by atoms with van der Waals surface area (Å²) in [7, 11) is 1.76. The smallest absolute Gasteiger partial charge is 0.264 e. The van der Waals surface area contributed by atoms with E-state index in [4.69, 9.17) is 4.74 Å². The number of carbonyl (C=O) groups is 1. The van der Waals surface area contributed by atoms with Gasteiger partial charge in [-0.1, -0.05) is 42.5 Å². The predicted molar refractivity (Wildman–Crippen MR) is 114 cm³/mol. The zero-order valence-electron chi connectivity index (χ0n) is 16.1. The van der Waals surface area contributed by atoms with Crippen molar-refractivity contribution in [2.45, 2.75) is 0 Å². The number of imidazole rings is 1. The van der Waals surface area contributed by atoms with Crippen molar-refractivity contribution in [2.75, 3.05) is 18.6 Å². The summed E-state index contributed by atoms with van der Waals surface area (Å²) < 4.78 is 7.56. The van der Waals surface area contributed by atoms with Crippen LogP contribution < -0.4 is 9.64 Å². The number of ether oxygens (including phenoxy) is 1. The lowest BCUT2D eigenvalue weighted by Gasteiger charge is -2.18. The van der Waals surface area contributed by atoms with E-state index in [1.165, 1.54) is 0 Å². The summed E-state index contributed by atoms with van der Waals surface area (Å²) in [6, 6.07) is 25.6. The average molecular weight is 383 g/mol. The Hall–Kier alpha value is -3.86. The largest absolute Gasteiger partial charge is 0.484 e. The Kier molecular flexibility index (Phi) is 5.38. The molecule has 5 heteroatoms. The van der Waals surface area contributed by atoms with Gasteiger partial charge in [-0.25, -0.2) is 4.98 Å². The normalized spacial score (nSPS) is 10.5. The van der Waals surface area contributed by atoms with Crippen LogP contribution in [0.1, 0.15) is 0 Å². The summed E-state index contributed by atoms with van der Waals surface area (Å²) in [5.74, 6) is 0.534. The molecule has 0 N–H and O–H groups in total. The van der Waals surface area contributed by atoms with Gasteiger partial charge in [-0.05, 0) is 47.5 Å². The van der Waals surface area contributed by atoms with Crippen LogP contribution in [0.2, 0.25) is 0 Å². The van der Waals surface area contributed by atoms with E-state index in [1.807, 2.05) is 77.5 Å². The molecule has 0 unspecified atom stereocenters. The number of amides is 1. The van der Waals surface area contributed by atoms with E-state index in [2.05, 4.69) is 17.1 Å². The molecule has 0 bridgehead atoms. The van der Waals surface area contributed by atoms with Crippen LogP contribution in [0, 0.1) is 0 Å². The van der Waals surface area contributed by atoms with Crippen LogP contribution in [0.5, 0.6) is 5.75 Å². The van der Waals surface area contributed by atoms with Crippen molar-refractivity contribution < 1.29 is 9.53 Å². The summed E-state index contributed by atoms with van der Waals surface area (Å²) in [6.45, 7) is -0.0264. The summed E-state index contributed by atoms with van der Waals surface area (Å²) in [5.41, 5.74) is 4.07. The highest BCUT2D eigenvalue weighted by Crippen LogP contribution is 2.23. The summed E-state index contributed by atoms with van der Waals surface area (Å²) >= 11 is 0. The van der Waals surface area contributed by atoms with Crippen molar-refractivity contribution >= 4 is 11.6 Å². The first-order valence-electron chi connectivity index (χ1n) is 9.34. The molecular formula is C24H21N3O2. The van der Waals surface area contributed by atoms with E-state index in [9.17, 15) is 4.79 Å². The maximum Gasteiger partial charge on any atom is 0.264 e. The summed E-state index contributed by atoms with van der Waals surface area (Å²) in [4.78, 5) is 18.2. The number of anilines is 1. The van der Waals surface area contributed by atoms with Gasteiger partial charge in [-0.2, -0.15) is 0 Å². The third-order valence-corrected chi connectivity index (χ3v) is 4.74. The van der Waals surface area contributed by atoms with Gasteiger partial charge in [-0.15, -0.1) is 0 Å². The molecule has 0 radical (unpaired) electrons. The highest BCUT2D eigenvalue weighted by atomic mass is 16.5. The Morgan fingerprint density at radius 3 is 2.28 bits per heavy atom. The minimum absolute atomic E-state index is 0.0264. The quantitative estimate of drug-likeness (QED) is 0.490. The molecule has 0 saturated heterocycles. The van der Waals surface area contributed by atoms with Crippen molar-refractivity contribution in [1.82, 2.24) is 9.55 Å².